The monoisotopic (exact) mass is 315 g/mol. The molecule has 2 bridgehead atoms. The van der Waals surface area contributed by atoms with Gasteiger partial charge >= 0.3 is 12.1 Å². The van der Waals surface area contributed by atoms with Crippen molar-refractivity contribution in [1.82, 2.24) is 4.90 Å². The quantitative estimate of drug-likeness (QED) is 0.852. The number of nitrogens with zero attached hydrogens (tertiary/aromatic N) is 1. The molecule has 3 atom stereocenters. The Morgan fingerprint density at radius 1 is 1.23 bits per heavy atom. The molecule has 0 aliphatic carbocycles. The lowest BCUT2D eigenvalue weighted by molar-refractivity contribution is -0.162. The van der Waals surface area contributed by atoms with Crippen molar-refractivity contribution in [3.05, 3.63) is 0 Å². The van der Waals surface area contributed by atoms with Gasteiger partial charge in [-0.1, -0.05) is 0 Å². The van der Waals surface area contributed by atoms with Crippen molar-refractivity contribution in [3.63, 3.8) is 0 Å². The summed E-state index contributed by atoms with van der Waals surface area (Å²) < 4.78 is 16.6. The second-order valence-electron chi connectivity index (χ2n) is 6.94. The van der Waals surface area contributed by atoms with Crippen LogP contribution in [0.5, 0.6) is 0 Å². The largest absolute Gasteiger partial charge is 0.479 e. The van der Waals surface area contributed by atoms with E-state index in [-0.39, 0.29) is 24.3 Å². The highest BCUT2D eigenvalue weighted by Gasteiger charge is 2.44. The standard InChI is InChI=1S/C15H25NO6/c1-9(13(17)18)21-12-5-10-7-20-8-11(6-12)16(10)14(19)22-15(2,3)4/h9-12H,5-8H2,1-4H3,(H,17,18)/t9-,10?,11?,12?/m1/s1. The van der Waals surface area contributed by atoms with E-state index in [0.29, 0.717) is 26.1 Å². The van der Waals surface area contributed by atoms with Crippen molar-refractivity contribution in [2.24, 2.45) is 0 Å². The number of piperidine rings is 1. The molecule has 2 saturated heterocycles. The molecule has 2 heterocycles. The van der Waals surface area contributed by atoms with Gasteiger partial charge in [0.2, 0.25) is 0 Å². The number of morpholine rings is 1. The Morgan fingerprint density at radius 2 is 1.77 bits per heavy atom. The van der Waals surface area contributed by atoms with Crippen LogP contribution < -0.4 is 0 Å². The lowest BCUT2D eigenvalue weighted by Gasteiger charge is -2.48. The average molecular weight is 315 g/mol. The van der Waals surface area contributed by atoms with Crippen LogP contribution in [-0.4, -0.2) is 65.2 Å². The van der Waals surface area contributed by atoms with Crippen molar-refractivity contribution < 1.29 is 28.9 Å². The number of amides is 1. The van der Waals surface area contributed by atoms with Gasteiger partial charge in [0.05, 0.1) is 31.4 Å². The number of carboxylic acid groups (broad SMARTS) is 1. The Bertz CT molecular complexity index is 418. The van der Waals surface area contributed by atoms with Crippen molar-refractivity contribution >= 4 is 12.1 Å². The van der Waals surface area contributed by atoms with Gasteiger partial charge in [-0.15, -0.1) is 0 Å². The van der Waals surface area contributed by atoms with Gasteiger partial charge in [-0.3, -0.25) is 4.90 Å². The number of hydrogen-bond donors (Lipinski definition) is 1. The molecule has 7 nitrogen and oxygen atoms in total. The molecule has 2 aliphatic heterocycles. The van der Waals surface area contributed by atoms with E-state index in [0.717, 1.165) is 0 Å². The van der Waals surface area contributed by atoms with E-state index in [1.165, 1.54) is 6.92 Å². The predicted molar refractivity (Wildman–Crippen MR) is 77.7 cm³/mol. The van der Waals surface area contributed by atoms with Crippen LogP contribution in [0.4, 0.5) is 4.79 Å². The minimum atomic E-state index is -0.976. The van der Waals surface area contributed by atoms with Crippen molar-refractivity contribution in [1.29, 1.82) is 0 Å². The number of carboxylic acids is 1. The van der Waals surface area contributed by atoms with Crippen LogP contribution in [0.1, 0.15) is 40.5 Å². The van der Waals surface area contributed by atoms with Crippen LogP contribution in [-0.2, 0) is 19.0 Å². The topological polar surface area (TPSA) is 85.3 Å². The maximum absolute atomic E-state index is 12.4. The Morgan fingerprint density at radius 3 is 2.23 bits per heavy atom. The van der Waals surface area contributed by atoms with E-state index in [1.54, 1.807) is 4.90 Å². The van der Waals surface area contributed by atoms with E-state index in [2.05, 4.69) is 0 Å². The molecule has 22 heavy (non-hydrogen) atoms. The second-order valence-corrected chi connectivity index (χ2v) is 6.94. The summed E-state index contributed by atoms with van der Waals surface area (Å²) in [5.74, 6) is -0.976. The SMILES string of the molecule is C[C@@H](OC1CC2COCC(C1)N2C(=O)OC(C)(C)C)C(=O)O. The van der Waals surface area contributed by atoms with Crippen LogP contribution in [0.25, 0.3) is 0 Å². The molecule has 0 aromatic heterocycles. The third-order valence-corrected chi connectivity index (χ3v) is 3.83. The molecule has 2 unspecified atom stereocenters. The van der Waals surface area contributed by atoms with E-state index in [4.69, 9.17) is 19.3 Å². The fourth-order valence-electron chi connectivity index (χ4n) is 2.94. The highest BCUT2D eigenvalue weighted by molar-refractivity contribution is 5.71. The highest BCUT2D eigenvalue weighted by Crippen LogP contribution is 2.31. The summed E-state index contributed by atoms with van der Waals surface area (Å²) in [5, 5.41) is 8.95. The van der Waals surface area contributed by atoms with Crippen molar-refractivity contribution in [2.45, 2.75) is 70.4 Å². The number of carbonyl (C=O) groups excluding carboxylic acids is 1. The fourth-order valence-corrected chi connectivity index (χ4v) is 2.94. The number of ether oxygens (including phenoxy) is 3. The highest BCUT2D eigenvalue weighted by atomic mass is 16.6. The molecule has 2 rings (SSSR count). The number of fused-ring (bicyclic) bond motifs is 2. The molecule has 2 fully saturated rings. The minimum Gasteiger partial charge on any atom is -0.479 e. The number of rotatable bonds is 3. The molecule has 0 radical (unpaired) electrons. The third-order valence-electron chi connectivity index (χ3n) is 3.83. The van der Waals surface area contributed by atoms with Gasteiger partial charge in [0.1, 0.15) is 5.60 Å². The van der Waals surface area contributed by atoms with Gasteiger partial charge in [0.15, 0.2) is 6.10 Å². The van der Waals surface area contributed by atoms with Crippen LogP contribution in [0.2, 0.25) is 0 Å². The molecular weight excluding hydrogens is 290 g/mol. The van der Waals surface area contributed by atoms with E-state index in [9.17, 15) is 9.59 Å². The number of aliphatic carboxylic acids is 1. The van der Waals surface area contributed by atoms with E-state index in [1.807, 2.05) is 20.8 Å². The summed E-state index contributed by atoms with van der Waals surface area (Å²) in [6, 6.07) is -0.262. The second kappa shape index (κ2) is 6.42. The summed E-state index contributed by atoms with van der Waals surface area (Å²) in [4.78, 5) is 25.0. The Labute approximate surface area is 130 Å². The molecule has 1 amide bonds. The zero-order valence-corrected chi connectivity index (χ0v) is 13.6. The first-order valence-electron chi connectivity index (χ1n) is 7.64. The Hall–Kier alpha value is -1.34. The third kappa shape index (κ3) is 4.10. The van der Waals surface area contributed by atoms with E-state index < -0.39 is 17.7 Å². The molecule has 0 aromatic carbocycles. The summed E-state index contributed by atoms with van der Waals surface area (Å²) >= 11 is 0. The molecule has 126 valence electrons. The van der Waals surface area contributed by atoms with Crippen LogP contribution >= 0.6 is 0 Å². The normalized spacial score (nSPS) is 29.8. The molecule has 1 N–H and O–H groups in total. The van der Waals surface area contributed by atoms with Gasteiger partial charge in [-0.05, 0) is 40.5 Å². The fraction of sp³-hybridized carbons (Fsp3) is 0.867. The lowest BCUT2D eigenvalue weighted by atomic mass is 9.92. The van der Waals surface area contributed by atoms with Gasteiger partial charge in [0, 0.05) is 0 Å². The summed E-state index contributed by atoms with van der Waals surface area (Å²) in [5.41, 5.74) is -0.544. The van der Waals surface area contributed by atoms with Crippen LogP contribution in [0, 0.1) is 0 Å². The van der Waals surface area contributed by atoms with Crippen LogP contribution in [0.15, 0.2) is 0 Å². The molecule has 0 spiro atoms. The van der Waals surface area contributed by atoms with Crippen LogP contribution in [0.3, 0.4) is 0 Å². The maximum atomic E-state index is 12.4. The Kier molecular flexibility index (Phi) is 4.97. The number of carbonyl (C=O) groups is 2. The van der Waals surface area contributed by atoms with Gasteiger partial charge < -0.3 is 19.3 Å². The molecule has 0 saturated carbocycles. The van der Waals surface area contributed by atoms with Crippen molar-refractivity contribution in [3.8, 4) is 0 Å². The van der Waals surface area contributed by atoms with Gasteiger partial charge in [0.25, 0.3) is 0 Å². The zero-order valence-electron chi connectivity index (χ0n) is 13.6. The van der Waals surface area contributed by atoms with Gasteiger partial charge in [-0.25, -0.2) is 9.59 Å². The molecule has 2 aliphatic rings. The Balaban J connectivity index is 2.02. The van der Waals surface area contributed by atoms with Gasteiger partial charge in [-0.2, -0.15) is 0 Å². The minimum absolute atomic E-state index is 0.131. The van der Waals surface area contributed by atoms with E-state index >= 15 is 0 Å². The zero-order chi connectivity index (χ0) is 16.5. The summed E-state index contributed by atoms with van der Waals surface area (Å²) in [6.07, 6.45) is -0.236. The maximum Gasteiger partial charge on any atom is 0.410 e. The summed E-state index contributed by atoms with van der Waals surface area (Å²) in [7, 11) is 0. The first-order valence-corrected chi connectivity index (χ1v) is 7.64. The summed E-state index contributed by atoms with van der Waals surface area (Å²) in [6.45, 7) is 7.88. The first-order chi connectivity index (χ1) is 10.2. The van der Waals surface area contributed by atoms with Crippen molar-refractivity contribution in [2.75, 3.05) is 13.2 Å². The smallest absolute Gasteiger partial charge is 0.410 e. The first kappa shape index (κ1) is 17.0. The molecule has 0 aromatic rings. The predicted octanol–water partition coefficient (Wildman–Crippen LogP) is 1.64. The molecular formula is C15H25NO6. The number of hydrogen-bond acceptors (Lipinski definition) is 5. The average Bonchev–Trinajstić information content (AvgIpc) is 2.35. The lowest BCUT2D eigenvalue weighted by Crippen LogP contribution is -2.61. The molecule has 7 heteroatoms.